The largest absolute Gasteiger partial charge is 0.481 e. The molecule has 0 aromatic carbocycles. The van der Waals surface area contributed by atoms with Crippen LogP contribution in [0.15, 0.2) is 0 Å². The second-order valence-electron chi connectivity index (χ2n) is 6.37. The van der Waals surface area contributed by atoms with Crippen LogP contribution < -0.4 is 5.32 Å². The Morgan fingerprint density at radius 3 is 2.45 bits per heavy atom. The second-order valence-corrected chi connectivity index (χ2v) is 6.37. The predicted molar refractivity (Wildman–Crippen MR) is 77.7 cm³/mol. The molecule has 0 aliphatic heterocycles. The van der Waals surface area contributed by atoms with Crippen LogP contribution in [-0.2, 0) is 4.79 Å². The zero-order chi connectivity index (χ0) is 14.6. The van der Waals surface area contributed by atoms with E-state index >= 15 is 0 Å². The molecule has 0 aromatic heterocycles. The number of nitrogens with one attached hydrogen (secondary N) is 1. The third-order valence-corrected chi connectivity index (χ3v) is 4.76. The Balaban J connectivity index is 1.62. The topological polar surface area (TPSA) is 72.8 Å². The highest BCUT2D eigenvalue weighted by atomic mass is 16.4. The molecule has 116 valence electrons. The van der Waals surface area contributed by atoms with Crippen molar-refractivity contribution >= 4 is 5.97 Å². The van der Waals surface area contributed by atoms with Crippen LogP contribution in [0.1, 0.15) is 45.4 Å². The summed E-state index contributed by atoms with van der Waals surface area (Å²) in [6.45, 7) is 5.81. The smallest absolute Gasteiger partial charge is 0.306 e. The van der Waals surface area contributed by atoms with Gasteiger partial charge in [0.05, 0.1) is 11.5 Å². The Labute approximate surface area is 121 Å². The molecule has 5 heteroatoms. The molecule has 0 aromatic rings. The van der Waals surface area contributed by atoms with Gasteiger partial charge >= 0.3 is 5.97 Å². The molecule has 0 heterocycles. The van der Waals surface area contributed by atoms with Crippen LogP contribution in [0.4, 0.5) is 0 Å². The highest BCUT2D eigenvalue weighted by Gasteiger charge is 2.35. The van der Waals surface area contributed by atoms with Gasteiger partial charge in [-0.1, -0.05) is 6.92 Å². The maximum absolute atomic E-state index is 10.9. The lowest BCUT2D eigenvalue weighted by molar-refractivity contribution is -0.144. The maximum atomic E-state index is 10.9. The third-order valence-electron chi connectivity index (χ3n) is 4.76. The van der Waals surface area contributed by atoms with Gasteiger partial charge in [0.1, 0.15) is 0 Å². The molecule has 2 aliphatic carbocycles. The molecular weight excluding hydrogens is 256 g/mol. The fourth-order valence-corrected chi connectivity index (χ4v) is 3.16. The number of hydrogen-bond donors (Lipinski definition) is 3. The molecule has 0 saturated heterocycles. The van der Waals surface area contributed by atoms with Gasteiger partial charge in [0.25, 0.3) is 0 Å². The first-order valence-corrected chi connectivity index (χ1v) is 7.94. The quantitative estimate of drug-likeness (QED) is 0.581. The Bertz CT molecular complexity index is 323. The number of likely N-dealkylation sites (N-methyl/N-ethyl adjacent to an activating group) is 1. The molecular formula is C15H28N2O3. The van der Waals surface area contributed by atoms with E-state index in [1.807, 2.05) is 0 Å². The van der Waals surface area contributed by atoms with Crippen molar-refractivity contribution in [2.24, 2.45) is 5.92 Å². The molecule has 2 aliphatic rings. The maximum Gasteiger partial charge on any atom is 0.306 e. The van der Waals surface area contributed by atoms with Crippen molar-refractivity contribution in [3.63, 3.8) is 0 Å². The van der Waals surface area contributed by atoms with Gasteiger partial charge in [-0.05, 0) is 45.1 Å². The van der Waals surface area contributed by atoms with Crippen LogP contribution in [0.2, 0.25) is 0 Å². The average Bonchev–Trinajstić information content (AvgIpc) is 3.24. The summed E-state index contributed by atoms with van der Waals surface area (Å²) < 4.78 is 0. The molecule has 2 fully saturated rings. The van der Waals surface area contributed by atoms with Crippen LogP contribution in [0.5, 0.6) is 0 Å². The van der Waals surface area contributed by atoms with Gasteiger partial charge in [-0.15, -0.1) is 0 Å². The minimum absolute atomic E-state index is 0.263. The van der Waals surface area contributed by atoms with Crippen molar-refractivity contribution < 1.29 is 15.0 Å². The SMILES string of the molecule is CCN(CCNCC1(O)CCC(C(=O)O)CC1)C1CC1. The van der Waals surface area contributed by atoms with E-state index in [1.54, 1.807) is 0 Å². The summed E-state index contributed by atoms with van der Waals surface area (Å²) in [5, 5.41) is 22.8. The summed E-state index contributed by atoms with van der Waals surface area (Å²) in [7, 11) is 0. The lowest BCUT2D eigenvalue weighted by Crippen LogP contribution is -2.46. The molecule has 5 nitrogen and oxygen atoms in total. The van der Waals surface area contributed by atoms with Gasteiger partial charge < -0.3 is 15.5 Å². The molecule has 3 N–H and O–H groups in total. The van der Waals surface area contributed by atoms with Gasteiger partial charge in [-0.25, -0.2) is 0 Å². The summed E-state index contributed by atoms with van der Waals surface area (Å²) in [5.74, 6) is -0.983. The van der Waals surface area contributed by atoms with E-state index in [4.69, 9.17) is 5.11 Å². The molecule has 2 saturated carbocycles. The number of nitrogens with zero attached hydrogens (tertiary/aromatic N) is 1. The summed E-state index contributed by atoms with van der Waals surface area (Å²) >= 11 is 0. The number of aliphatic hydroxyl groups is 1. The zero-order valence-electron chi connectivity index (χ0n) is 12.5. The predicted octanol–water partition coefficient (Wildman–Crippen LogP) is 1.07. The van der Waals surface area contributed by atoms with Crippen molar-refractivity contribution in [3.05, 3.63) is 0 Å². The van der Waals surface area contributed by atoms with Gasteiger partial charge in [-0.2, -0.15) is 0 Å². The minimum Gasteiger partial charge on any atom is -0.481 e. The Hall–Kier alpha value is -0.650. The van der Waals surface area contributed by atoms with Crippen molar-refractivity contribution in [1.29, 1.82) is 0 Å². The van der Waals surface area contributed by atoms with Crippen LogP contribution in [0.3, 0.4) is 0 Å². The molecule has 0 bridgehead atoms. The van der Waals surface area contributed by atoms with Crippen molar-refractivity contribution in [1.82, 2.24) is 10.2 Å². The van der Waals surface area contributed by atoms with Crippen molar-refractivity contribution in [3.8, 4) is 0 Å². The molecule has 0 unspecified atom stereocenters. The Morgan fingerprint density at radius 2 is 1.95 bits per heavy atom. The first-order chi connectivity index (χ1) is 9.54. The van der Waals surface area contributed by atoms with E-state index in [1.165, 1.54) is 12.8 Å². The number of carbonyl (C=O) groups is 1. The summed E-state index contributed by atoms with van der Waals surface area (Å²) in [4.78, 5) is 13.4. The first kappa shape index (κ1) is 15.7. The number of carboxylic acids is 1. The molecule has 2 rings (SSSR count). The minimum atomic E-state index is -0.719. The van der Waals surface area contributed by atoms with Gasteiger partial charge in [-0.3, -0.25) is 9.69 Å². The van der Waals surface area contributed by atoms with Gasteiger partial charge in [0, 0.05) is 25.7 Å². The van der Waals surface area contributed by atoms with Gasteiger partial charge in [0.15, 0.2) is 0 Å². The van der Waals surface area contributed by atoms with E-state index in [-0.39, 0.29) is 5.92 Å². The van der Waals surface area contributed by atoms with E-state index in [2.05, 4.69) is 17.1 Å². The van der Waals surface area contributed by atoms with Crippen molar-refractivity contribution in [2.75, 3.05) is 26.2 Å². The van der Waals surface area contributed by atoms with Crippen LogP contribution in [0, 0.1) is 5.92 Å². The fraction of sp³-hybridized carbons (Fsp3) is 0.933. The fourth-order valence-electron chi connectivity index (χ4n) is 3.16. The van der Waals surface area contributed by atoms with E-state index in [0.717, 1.165) is 25.7 Å². The monoisotopic (exact) mass is 284 g/mol. The molecule has 0 amide bonds. The summed E-state index contributed by atoms with van der Waals surface area (Å²) in [6.07, 6.45) is 5.03. The Kier molecular flexibility index (Phi) is 5.41. The first-order valence-electron chi connectivity index (χ1n) is 7.94. The highest BCUT2D eigenvalue weighted by Crippen LogP contribution is 2.31. The lowest BCUT2D eigenvalue weighted by Gasteiger charge is -2.35. The van der Waals surface area contributed by atoms with Crippen LogP contribution in [-0.4, -0.2) is 58.9 Å². The van der Waals surface area contributed by atoms with E-state index < -0.39 is 11.6 Å². The normalized spacial score (nSPS) is 30.6. The summed E-state index contributed by atoms with van der Waals surface area (Å²) in [6, 6.07) is 0.788. The number of aliphatic carboxylic acids is 1. The van der Waals surface area contributed by atoms with Crippen molar-refractivity contribution in [2.45, 2.75) is 57.1 Å². The zero-order valence-corrected chi connectivity index (χ0v) is 12.5. The Morgan fingerprint density at radius 1 is 1.30 bits per heavy atom. The number of hydrogen-bond acceptors (Lipinski definition) is 4. The van der Waals surface area contributed by atoms with Gasteiger partial charge in [0.2, 0.25) is 0 Å². The number of rotatable bonds is 8. The standard InChI is InChI=1S/C15H28N2O3/c1-2-17(13-3-4-13)10-9-16-11-15(20)7-5-12(6-8-15)14(18)19/h12-13,16,20H,2-11H2,1H3,(H,18,19). The number of carboxylic acid groups (broad SMARTS) is 1. The highest BCUT2D eigenvalue weighted by molar-refractivity contribution is 5.70. The van der Waals surface area contributed by atoms with E-state index in [9.17, 15) is 9.90 Å². The molecule has 0 atom stereocenters. The molecule has 0 spiro atoms. The molecule has 0 radical (unpaired) electrons. The molecule has 20 heavy (non-hydrogen) atoms. The van der Waals surface area contributed by atoms with Crippen LogP contribution >= 0.6 is 0 Å². The third kappa shape index (κ3) is 4.43. The van der Waals surface area contributed by atoms with E-state index in [0.29, 0.717) is 32.2 Å². The average molecular weight is 284 g/mol. The lowest BCUT2D eigenvalue weighted by atomic mass is 9.79. The summed E-state index contributed by atoms with van der Waals surface area (Å²) in [5.41, 5.74) is -0.706. The van der Waals surface area contributed by atoms with Crippen LogP contribution in [0.25, 0.3) is 0 Å². The second kappa shape index (κ2) is 6.87.